The van der Waals surface area contributed by atoms with Crippen molar-refractivity contribution in [3.05, 3.63) is 5.82 Å². The summed E-state index contributed by atoms with van der Waals surface area (Å²) in [5, 5.41) is 19.8. The van der Waals surface area contributed by atoms with Gasteiger partial charge < -0.3 is 5.11 Å². The van der Waals surface area contributed by atoms with Gasteiger partial charge in [0.2, 0.25) is 0 Å². The molecular formula is C12H18N4O4S. The summed E-state index contributed by atoms with van der Waals surface area (Å²) in [6.07, 6.45) is 3.80. The maximum Gasteiger partial charge on any atom is 0.305 e. The molecule has 1 aromatic rings. The number of rotatable bonds is 5. The quantitative estimate of drug-likeness (QED) is 0.852. The number of aliphatic carboxylic acids is 1. The van der Waals surface area contributed by atoms with E-state index in [1.165, 1.54) is 4.68 Å². The van der Waals surface area contributed by atoms with Crippen LogP contribution in [0.5, 0.6) is 0 Å². The fourth-order valence-corrected chi connectivity index (χ4v) is 4.90. The summed E-state index contributed by atoms with van der Waals surface area (Å²) < 4.78 is 25.9. The van der Waals surface area contributed by atoms with Gasteiger partial charge in [-0.2, -0.15) is 0 Å². The van der Waals surface area contributed by atoms with Crippen LogP contribution in [0.2, 0.25) is 0 Å². The van der Waals surface area contributed by atoms with E-state index < -0.39 is 21.1 Å². The van der Waals surface area contributed by atoms with Crippen LogP contribution in [0, 0.1) is 5.92 Å². The van der Waals surface area contributed by atoms with Crippen LogP contribution in [-0.2, 0) is 14.6 Å². The standard InChI is InChI=1S/C12H18N4O4S/c17-11(18)7-9(8-4-5-8)16-12(13-14-15-16)10-3-1-2-6-21(10,19)20/h8-10H,1-7H2,(H,17,18). The van der Waals surface area contributed by atoms with E-state index in [-0.39, 0.29) is 24.1 Å². The van der Waals surface area contributed by atoms with Crippen molar-refractivity contribution in [1.82, 2.24) is 20.2 Å². The van der Waals surface area contributed by atoms with Gasteiger partial charge in [-0.05, 0) is 42.0 Å². The number of hydrogen-bond acceptors (Lipinski definition) is 6. The molecule has 8 nitrogen and oxygen atoms in total. The fraction of sp³-hybridized carbons (Fsp3) is 0.833. The maximum absolute atomic E-state index is 12.2. The summed E-state index contributed by atoms with van der Waals surface area (Å²) in [6.45, 7) is 0. The highest BCUT2D eigenvalue weighted by molar-refractivity contribution is 7.91. The highest BCUT2D eigenvalue weighted by Crippen LogP contribution is 2.43. The molecule has 116 valence electrons. The molecular weight excluding hydrogens is 296 g/mol. The second-order valence-corrected chi connectivity index (χ2v) is 8.14. The van der Waals surface area contributed by atoms with E-state index in [0.29, 0.717) is 18.7 Å². The Labute approximate surface area is 122 Å². The van der Waals surface area contributed by atoms with Crippen molar-refractivity contribution in [3.63, 3.8) is 0 Å². The molecule has 1 N–H and O–H groups in total. The summed E-state index contributed by atoms with van der Waals surface area (Å²) >= 11 is 0. The van der Waals surface area contributed by atoms with Gasteiger partial charge in [-0.1, -0.05) is 6.42 Å². The van der Waals surface area contributed by atoms with Crippen LogP contribution < -0.4 is 0 Å². The maximum atomic E-state index is 12.2. The molecule has 1 aromatic heterocycles. The fourth-order valence-electron chi connectivity index (χ4n) is 3.01. The number of carboxylic acids is 1. The number of carbonyl (C=O) groups is 1. The zero-order valence-electron chi connectivity index (χ0n) is 11.6. The Balaban J connectivity index is 1.94. The topological polar surface area (TPSA) is 115 Å². The molecule has 1 saturated carbocycles. The normalized spacial score (nSPS) is 26.4. The van der Waals surface area contributed by atoms with Gasteiger partial charge in [-0.15, -0.1) is 5.10 Å². The first-order valence-corrected chi connectivity index (χ1v) is 8.91. The van der Waals surface area contributed by atoms with Crippen molar-refractivity contribution in [2.24, 2.45) is 5.92 Å². The predicted octanol–water partition coefficient (Wildman–Crippen LogP) is 0.739. The third-order valence-corrected chi connectivity index (χ3v) is 6.42. The molecule has 2 heterocycles. The van der Waals surface area contributed by atoms with Crippen LogP contribution in [0.1, 0.15) is 55.6 Å². The van der Waals surface area contributed by atoms with Crippen LogP contribution in [0.4, 0.5) is 0 Å². The molecule has 1 aliphatic carbocycles. The minimum Gasteiger partial charge on any atom is -0.481 e. The Morgan fingerprint density at radius 3 is 2.71 bits per heavy atom. The molecule has 2 unspecified atom stereocenters. The first-order valence-electron chi connectivity index (χ1n) is 7.20. The number of sulfone groups is 1. The van der Waals surface area contributed by atoms with E-state index in [1.807, 2.05) is 0 Å². The molecule has 1 saturated heterocycles. The minimum atomic E-state index is -3.25. The number of aromatic nitrogens is 4. The van der Waals surface area contributed by atoms with Gasteiger partial charge in [0.05, 0.1) is 18.2 Å². The van der Waals surface area contributed by atoms with Crippen molar-refractivity contribution in [3.8, 4) is 0 Å². The number of hydrogen-bond donors (Lipinski definition) is 1. The molecule has 3 rings (SSSR count). The summed E-state index contributed by atoms with van der Waals surface area (Å²) in [6, 6.07) is -0.343. The van der Waals surface area contributed by atoms with E-state index in [0.717, 1.165) is 19.3 Å². The van der Waals surface area contributed by atoms with Crippen molar-refractivity contribution in [1.29, 1.82) is 0 Å². The Kier molecular flexibility index (Phi) is 3.68. The third-order valence-electron chi connectivity index (χ3n) is 4.25. The molecule has 0 aromatic carbocycles. The monoisotopic (exact) mass is 314 g/mol. The van der Waals surface area contributed by atoms with E-state index in [1.54, 1.807) is 0 Å². The van der Waals surface area contributed by atoms with Crippen LogP contribution >= 0.6 is 0 Å². The van der Waals surface area contributed by atoms with Crippen molar-refractivity contribution in [2.45, 2.75) is 49.8 Å². The Morgan fingerprint density at radius 2 is 2.10 bits per heavy atom. The molecule has 2 fully saturated rings. The van der Waals surface area contributed by atoms with Crippen LogP contribution in [-0.4, -0.2) is 45.5 Å². The zero-order chi connectivity index (χ0) is 15.0. The van der Waals surface area contributed by atoms with Gasteiger partial charge in [0.25, 0.3) is 0 Å². The molecule has 21 heavy (non-hydrogen) atoms. The van der Waals surface area contributed by atoms with Gasteiger partial charge in [-0.25, -0.2) is 13.1 Å². The van der Waals surface area contributed by atoms with E-state index in [9.17, 15) is 13.2 Å². The first-order chi connectivity index (χ1) is 9.99. The molecule has 0 bridgehead atoms. The second-order valence-electron chi connectivity index (χ2n) is 5.84. The Morgan fingerprint density at radius 1 is 1.33 bits per heavy atom. The SMILES string of the molecule is O=C(O)CC(C1CC1)n1nnnc1C1CCCCS1(=O)=O. The summed E-state index contributed by atoms with van der Waals surface area (Å²) in [7, 11) is -3.25. The van der Waals surface area contributed by atoms with Crippen molar-refractivity contribution >= 4 is 15.8 Å². The molecule has 0 radical (unpaired) electrons. The zero-order valence-corrected chi connectivity index (χ0v) is 12.4. The molecule has 1 aliphatic heterocycles. The van der Waals surface area contributed by atoms with E-state index in [4.69, 9.17) is 5.11 Å². The molecule has 9 heteroatoms. The lowest BCUT2D eigenvalue weighted by atomic mass is 10.1. The van der Waals surface area contributed by atoms with Gasteiger partial charge in [0, 0.05) is 0 Å². The van der Waals surface area contributed by atoms with Gasteiger partial charge in [0.1, 0.15) is 5.25 Å². The molecule has 2 atom stereocenters. The van der Waals surface area contributed by atoms with Gasteiger partial charge >= 0.3 is 5.97 Å². The van der Waals surface area contributed by atoms with Gasteiger partial charge in [0.15, 0.2) is 15.7 Å². The average Bonchev–Trinajstić information content (AvgIpc) is 3.14. The van der Waals surface area contributed by atoms with E-state index >= 15 is 0 Å². The lowest BCUT2D eigenvalue weighted by Gasteiger charge is -2.23. The smallest absolute Gasteiger partial charge is 0.305 e. The minimum absolute atomic E-state index is 0.0739. The van der Waals surface area contributed by atoms with Crippen LogP contribution in [0.15, 0.2) is 0 Å². The van der Waals surface area contributed by atoms with E-state index in [2.05, 4.69) is 15.5 Å². The lowest BCUT2D eigenvalue weighted by Crippen LogP contribution is -2.27. The molecule has 0 amide bonds. The molecule has 0 spiro atoms. The second kappa shape index (κ2) is 5.36. The Bertz CT molecular complexity index is 637. The first kappa shape index (κ1) is 14.4. The van der Waals surface area contributed by atoms with Crippen LogP contribution in [0.3, 0.4) is 0 Å². The summed E-state index contributed by atoms with van der Waals surface area (Å²) in [5.41, 5.74) is 0. The highest BCUT2D eigenvalue weighted by Gasteiger charge is 2.40. The number of nitrogens with zero attached hydrogens (tertiary/aromatic N) is 4. The molecule has 2 aliphatic rings. The summed E-state index contributed by atoms with van der Waals surface area (Å²) in [4.78, 5) is 11.1. The van der Waals surface area contributed by atoms with Crippen LogP contribution in [0.25, 0.3) is 0 Å². The third kappa shape index (κ3) is 2.92. The van der Waals surface area contributed by atoms with Crippen molar-refractivity contribution < 1.29 is 18.3 Å². The number of carboxylic acid groups (broad SMARTS) is 1. The predicted molar refractivity (Wildman–Crippen MR) is 72.2 cm³/mol. The van der Waals surface area contributed by atoms with Gasteiger partial charge in [-0.3, -0.25) is 4.79 Å². The summed E-state index contributed by atoms with van der Waals surface area (Å²) in [5.74, 6) is -0.222. The highest BCUT2D eigenvalue weighted by atomic mass is 32.2. The van der Waals surface area contributed by atoms with Crippen molar-refractivity contribution in [2.75, 3.05) is 5.75 Å². The Hall–Kier alpha value is -1.51. The average molecular weight is 314 g/mol. The number of tetrazole rings is 1. The lowest BCUT2D eigenvalue weighted by molar-refractivity contribution is -0.138. The largest absolute Gasteiger partial charge is 0.481 e.